The summed E-state index contributed by atoms with van der Waals surface area (Å²) >= 11 is 1.28. The zero-order valence-electron chi connectivity index (χ0n) is 10.1. The molecule has 1 aromatic carbocycles. The van der Waals surface area contributed by atoms with Crippen LogP contribution in [0.25, 0.3) is 0 Å². The van der Waals surface area contributed by atoms with Gasteiger partial charge in [0.05, 0.1) is 15.5 Å². The Hall–Kier alpha value is -1.72. The van der Waals surface area contributed by atoms with E-state index in [1.54, 1.807) is 35.7 Å². The first-order chi connectivity index (χ1) is 9.00. The van der Waals surface area contributed by atoms with Crippen molar-refractivity contribution in [3.05, 3.63) is 64.9 Å². The Morgan fingerprint density at radius 2 is 1.79 bits per heavy atom. The molecule has 0 saturated carbocycles. The van der Waals surface area contributed by atoms with Crippen LogP contribution in [0.5, 0.6) is 0 Å². The highest BCUT2D eigenvalue weighted by molar-refractivity contribution is 7.91. The minimum absolute atomic E-state index is 0.0892. The van der Waals surface area contributed by atoms with Gasteiger partial charge in [-0.1, -0.05) is 30.8 Å². The Morgan fingerprint density at radius 3 is 2.37 bits per heavy atom. The van der Waals surface area contributed by atoms with Gasteiger partial charge in [-0.2, -0.15) is 0 Å². The summed E-state index contributed by atoms with van der Waals surface area (Å²) in [6.07, 6.45) is 0. The van der Waals surface area contributed by atoms with E-state index < -0.39 is 9.84 Å². The van der Waals surface area contributed by atoms with Gasteiger partial charge in [-0.15, -0.1) is 11.3 Å². The molecular formula is C14H12O3S2. The molecule has 0 amide bonds. The highest BCUT2D eigenvalue weighted by atomic mass is 32.2. The Kier molecular flexibility index (Phi) is 3.97. The summed E-state index contributed by atoms with van der Waals surface area (Å²) in [6.45, 7) is 3.60. The van der Waals surface area contributed by atoms with Crippen LogP contribution in [0.1, 0.15) is 9.67 Å². The quantitative estimate of drug-likeness (QED) is 0.629. The molecule has 19 heavy (non-hydrogen) atoms. The molecule has 0 aliphatic rings. The highest BCUT2D eigenvalue weighted by Gasteiger charge is 2.20. The van der Waals surface area contributed by atoms with Crippen LogP contribution in [0, 0.1) is 0 Å². The molecular weight excluding hydrogens is 280 g/mol. The number of ketones is 1. The van der Waals surface area contributed by atoms with Crippen molar-refractivity contribution in [2.75, 3.05) is 5.75 Å². The van der Waals surface area contributed by atoms with E-state index in [0.717, 1.165) is 0 Å². The van der Waals surface area contributed by atoms with Crippen molar-refractivity contribution < 1.29 is 13.2 Å². The molecule has 0 saturated heterocycles. The van der Waals surface area contributed by atoms with Gasteiger partial charge in [0.25, 0.3) is 0 Å². The lowest BCUT2D eigenvalue weighted by Gasteiger charge is -2.05. The lowest BCUT2D eigenvalue weighted by Crippen LogP contribution is -2.14. The number of sulfone groups is 1. The molecule has 0 N–H and O–H groups in total. The maximum atomic E-state index is 12.1. The van der Waals surface area contributed by atoms with Crippen molar-refractivity contribution in [2.45, 2.75) is 4.90 Å². The van der Waals surface area contributed by atoms with Crippen LogP contribution < -0.4 is 0 Å². The van der Waals surface area contributed by atoms with Gasteiger partial charge in [0.15, 0.2) is 15.6 Å². The van der Waals surface area contributed by atoms with Gasteiger partial charge in [0.2, 0.25) is 0 Å². The van der Waals surface area contributed by atoms with Gasteiger partial charge < -0.3 is 0 Å². The van der Waals surface area contributed by atoms with Crippen molar-refractivity contribution in [1.29, 1.82) is 0 Å². The first-order valence-corrected chi connectivity index (χ1v) is 8.08. The fourth-order valence-corrected chi connectivity index (χ4v) is 3.63. The van der Waals surface area contributed by atoms with E-state index in [2.05, 4.69) is 6.58 Å². The maximum Gasteiger partial charge on any atom is 0.199 e. The molecule has 0 aliphatic carbocycles. The standard InChI is InChI=1S/C14H12O3S2/c1-11(14(15)13-8-5-9-18-13)10-19(16,17)12-6-3-2-4-7-12/h2-9H,1,10H2. The molecule has 98 valence electrons. The number of hydrogen-bond donors (Lipinski definition) is 0. The van der Waals surface area contributed by atoms with Crippen molar-refractivity contribution in [2.24, 2.45) is 0 Å². The average molecular weight is 292 g/mol. The van der Waals surface area contributed by atoms with Crippen LogP contribution in [-0.4, -0.2) is 20.0 Å². The van der Waals surface area contributed by atoms with Crippen LogP contribution in [0.15, 0.2) is 64.9 Å². The third-order valence-corrected chi connectivity index (χ3v) is 5.12. The molecule has 0 fully saturated rings. The average Bonchev–Trinajstić information content (AvgIpc) is 2.92. The normalized spacial score (nSPS) is 11.2. The number of carbonyl (C=O) groups is 1. The lowest BCUT2D eigenvalue weighted by molar-refractivity contribution is 0.103. The van der Waals surface area contributed by atoms with E-state index >= 15 is 0 Å². The van der Waals surface area contributed by atoms with E-state index in [9.17, 15) is 13.2 Å². The summed E-state index contributed by atoms with van der Waals surface area (Å²) in [5.41, 5.74) is 0.0892. The molecule has 2 aromatic rings. The number of Topliss-reactive ketones (excluding diaryl/α,β-unsaturated/α-hetero) is 1. The molecule has 0 spiro atoms. The van der Waals surface area contributed by atoms with Gasteiger partial charge in [-0.25, -0.2) is 8.42 Å². The fraction of sp³-hybridized carbons (Fsp3) is 0.0714. The van der Waals surface area contributed by atoms with Crippen LogP contribution in [0.4, 0.5) is 0 Å². The minimum Gasteiger partial charge on any atom is -0.288 e. The third-order valence-electron chi connectivity index (χ3n) is 2.53. The van der Waals surface area contributed by atoms with E-state index in [0.29, 0.717) is 4.88 Å². The molecule has 0 aliphatic heterocycles. The molecule has 0 bridgehead atoms. The van der Waals surface area contributed by atoms with Crippen LogP contribution in [0.2, 0.25) is 0 Å². The van der Waals surface area contributed by atoms with Gasteiger partial charge in [-0.3, -0.25) is 4.79 Å². The smallest absolute Gasteiger partial charge is 0.199 e. The first-order valence-electron chi connectivity index (χ1n) is 5.54. The predicted molar refractivity (Wildman–Crippen MR) is 76.3 cm³/mol. The maximum absolute atomic E-state index is 12.1. The SMILES string of the molecule is C=C(CS(=O)(=O)c1ccccc1)C(=O)c1cccs1. The number of benzene rings is 1. The van der Waals surface area contributed by atoms with Crippen molar-refractivity contribution >= 4 is 27.0 Å². The van der Waals surface area contributed by atoms with Crippen molar-refractivity contribution in [1.82, 2.24) is 0 Å². The van der Waals surface area contributed by atoms with Crippen LogP contribution in [0.3, 0.4) is 0 Å². The lowest BCUT2D eigenvalue weighted by atomic mass is 10.2. The second-order valence-electron chi connectivity index (χ2n) is 3.98. The molecule has 2 rings (SSSR count). The molecule has 1 aromatic heterocycles. The summed E-state index contributed by atoms with van der Waals surface area (Å²) < 4.78 is 24.2. The van der Waals surface area contributed by atoms with Crippen LogP contribution >= 0.6 is 11.3 Å². The van der Waals surface area contributed by atoms with Gasteiger partial charge in [-0.05, 0) is 23.6 Å². The Morgan fingerprint density at radius 1 is 1.11 bits per heavy atom. The molecule has 5 heteroatoms. The van der Waals surface area contributed by atoms with Gasteiger partial charge in [0, 0.05) is 5.57 Å². The monoisotopic (exact) mass is 292 g/mol. The Balaban J connectivity index is 2.18. The summed E-state index contributed by atoms with van der Waals surface area (Å²) in [5, 5.41) is 1.77. The summed E-state index contributed by atoms with van der Waals surface area (Å²) in [4.78, 5) is 12.7. The molecule has 0 radical (unpaired) electrons. The second-order valence-corrected chi connectivity index (χ2v) is 6.92. The molecule has 0 atom stereocenters. The highest BCUT2D eigenvalue weighted by Crippen LogP contribution is 2.18. The number of rotatable bonds is 5. The second kappa shape index (κ2) is 5.50. The van der Waals surface area contributed by atoms with E-state index in [1.165, 1.54) is 23.5 Å². The number of carbonyl (C=O) groups excluding carboxylic acids is 1. The zero-order chi connectivity index (χ0) is 13.9. The predicted octanol–water partition coefficient (Wildman–Crippen LogP) is 2.96. The topological polar surface area (TPSA) is 51.2 Å². The summed E-state index contributed by atoms with van der Waals surface area (Å²) in [5.74, 6) is -0.664. The van der Waals surface area contributed by atoms with Crippen LogP contribution in [-0.2, 0) is 9.84 Å². The van der Waals surface area contributed by atoms with Gasteiger partial charge >= 0.3 is 0 Å². The zero-order valence-corrected chi connectivity index (χ0v) is 11.7. The van der Waals surface area contributed by atoms with Gasteiger partial charge in [0.1, 0.15) is 0 Å². The summed E-state index contributed by atoms with van der Waals surface area (Å²) in [7, 11) is -3.51. The Bertz CT molecular complexity index is 684. The minimum atomic E-state index is -3.51. The third kappa shape index (κ3) is 3.19. The number of thiophene rings is 1. The summed E-state index contributed by atoms with van der Waals surface area (Å²) in [6, 6.07) is 11.5. The van der Waals surface area contributed by atoms with Crippen molar-refractivity contribution in [3.8, 4) is 0 Å². The molecule has 1 heterocycles. The fourth-order valence-electron chi connectivity index (χ4n) is 1.59. The largest absolute Gasteiger partial charge is 0.288 e. The first kappa shape index (κ1) is 13.7. The number of hydrogen-bond acceptors (Lipinski definition) is 4. The molecule has 3 nitrogen and oxygen atoms in total. The molecule has 0 unspecified atom stereocenters. The Labute approximate surface area is 116 Å². The van der Waals surface area contributed by atoms with E-state index in [-0.39, 0.29) is 22.0 Å². The van der Waals surface area contributed by atoms with E-state index in [1.807, 2.05) is 0 Å². The van der Waals surface area contributed by atoms with Crippen molar-refractivity contribution in [3.63, 3.8) is 0 Å². The van der Waals surface area contributed by atoms with E-state index in [4.69, 9.17) is 0 Å².